The molecule has 2 fully saturated rings. The Balaban J connectivity index is 1.78. The van der Waals surface area contributed by atoms with Gasteiger partial charge in [0.25, 0.3) is 0 Å². The molecule has 0 radical (unpaired) electrons. The molecule has 2 rings (SSSR count). The smallest absolute Gasteiger partial charge is 0.303 e. The van der Waals surface area contributed by atoms with Crippen molar-refractivity contribution in [1.82, 2.24) is 0 Å². The second-order valence-corrected chi connectivity index (χ2v) is 8.96. The van der Waals surface area contributed by atoms with Crippen molar-refractivity contribution >= 4 is 17.6 Å². The summed E-state index contributed by atoms with van der Waals surface area (Å²) in [6.07, 6.45) is 8.23. The fourth-order valence-electron chi connectivity index (χ4n) is 4.22. The standard InChI is InChI=1S/C21H33ClO4/c1-21(12-7-13-21)19(24)10-6-9-16-15(17(22)14-18(16)23)8-4-2-3-5-11-20(25)26/h15-19,23-24H,2-5,7-8,10-14H2,1H3,(H,25,26)/t15-,16-,17?,18?,19?/m1/s1. The van der Waals surface area contributed by atoms with Crippen LogP contribution in [0.2, 0.25) is 0 Å². The van der Waals surface area contributed by atoms with E-state index in [1.165, 1.54) is 6.42 Å². The van der Waals surface area contributed by atoms with Gasteiger partial charge in [0.05, 0.1) is 18.1 Å². The van der Waals surface area contributed by atoms with Crippen LogP contribution in [0.15, 0.2) is 0 Å². The van der Waals surface area contributed by atoms with Crippen LogP contribution in [0.1, 0.15) is 77.6 Å². The van der Waals surface area contributed by atoms with Gasteiger partial charge in [-0.25, -0.2) is 0 Å². The monoisotopic (exact) mass is 384 g/mol. The van der Waals surface area contributed by atoms with E-state index in [-0.39, 0.29) is 35.2 Å². The first-order valence-corrected chi connectivity index (χ1v) is 10.5. The first-order valence-electron chi connectivity index (χ1n) is 10.0. The zero-order chi connectivity index (χ0) is 19.2. The van der Waals surface area contributed by atoms with Crippen LogP contribution in [-0.4, -0.2) is 38.9 Å². The van der Waals surface area contributed by atoms with Gasteiger partial charge in [-0.05, 0) is 43.4 Å². The summed E-state index contributed by atoms with van der Waals surface area (Å²) >= 11 is 6.44. The van der Waals surface area contributed by atoms with Gasteiger partial charge in [0, 0.05) is 18.2 Å². The van der Waals surface area contributed by atoms with Crippen LogP contribution in [0, 0.1) is 29.1 Å². The van der Waals surface area contributed by atoms with E-state index < -0.39 is 12.1 Å². The number of aliphatic hydroxyl groups excluding tert-OH is 2. The lowest BCUT2D eigenvalue weighted by atomic mass is 9.66. The summed E-state index contributed by atoms with van der Waals surface area (Å²) in [4.78, 5) is 10.5. The number of halogens is 1. The first kappa shape index (κ1) is 21.5. The Morgan fingerprint density at radius 3 is 2.58 bits per heavy atom. The molecule has 2 aliphatic rings. The van der Waals surface area contributed by atoms with Crippen molar-refractivity contribution in [2.75, 3.05) is 0 Å². The van der Waals surface area contributed by atoms with Crippen LogP contribution in [0.25, 0.3) is 0 Å². The summed E-state index contributed by atoms with van der Waals surface area (Å²) in [6, 6.07) is 0. The number of carbonyl (C=O) groups is 1. The van der Waals surface area contributed by atoms with Gasteiger partial charge in [-0.2, -0.15) is 0 Å². The van der Waals surface area contributed by atoms with E-state index in [4.69, 9.17) is 16.7 Å². The molecule has 0 aromatic carbocycles. The molecule has 0 aromatic heterocycles. The van der Waals surface area contributed by atoms with E-state index in [1.807, 2.05) is 0 Å². The summed E-state index contributed by atoms with van der Waals surface area (Å²) in [5.41, 5.74) is 0.0212. The fraction of sp³-hybridized carbons (Fsp3) is 0.857. The predicted octanol–water partition coefficient (Wildman–Crippen LogP) is 3.96. The van der Waals surface area contributed by atoms with Crippen LogP contribution in [0.4, 0.5) is 0 Å². The Labute approximate surface area is 162 Å². The first-order chi connectivity index (χ1) is 12.3. The largest absolute Gasteiger partial charge is 0.481 e. The third-order valence-corrected chi connectivity index (χ3v) is 6.85. The van der Waals surface area contributed by atoms with Gasteiger partial charge >= 0.3 is 5.97 Å². The Bertz CT molecular complexity index is 520. The normalized spacial score (nSPS) is 30.9. The van der Waals surface area contributed by atoms with E-state index in [2.05, 4.69) is 18.8 Å². The molecule has 0 saturated heterocycles. The number of carboxylic acid groups (broad SMARTS) is 1. The van der Waals surface area contributed by atoms with Crippen LogP contribution < -0.4 is 0 Å². The number of hydrogen-bond donors (Lipinski definition) is 3. The van der Waals surface area contributed by atoms with Crippen molar-refractivity contribution in [2.45, 2.75) is 95.1 Å². The average molecular weight is 385 g/mol. The highest BCUT2D eigenvalue weighted by Gasteiger charge is 2.41. The molecule has 26 heavy (non-hydrogen) atoms. The number of aliphatic hydroxyl groups is 2. The number of unbranched alkanes of at least 4 members (excludes halogenated alkanes) is 3. The summed E-state index contributed by atoms with van der Waals surface area (Å²) in [6.45, 7) is 2.12. The molecule has 0 heterocycles. The van der Waals surface area contributed by atoms with Gasteiger partial charge in [0.2, 0.25) is 0 Å². The summed E-state index contributed by atoms with van der Waals surface area (Å²) in [5.74, 6) is 5.65. The average Bonchev–Trinajstić information content (AvgIpc) is 2.81. The Morgan fingerprint density at radius 2 is 1.96 bits per heavy atom. The van der Waals surface area contributed by atoms with Crippen molar-refractivity contribution in [3.05, 3.63) is 0 Å². The Morgan fingerprint density at radius 1 is 1.27 bits per heavy atom. The fourth-order valence-corrected chi connectivity index (χ4v) is 4.69. The quantitative estimate of drug-likeness (QED) is 0.319. The van der Waals surface area contributed by atoms with Crippen molar-refractivity contribution in [2.24, 2.45) is 17.3 Å². The van der Waals surface area contributed by atoms with Gasteiger partial charge < -0.3 is 15.3 Å². The van der Waals surface area contributed by atoms with Crippen molar-refractivity contribution in [3.63, 3.8) is 0 Å². The number of hydrogen-bond acceptors (Lipinski definition) is 3. The minimum absolute atomic E-state index is 0.0212. The molecule has 0 aromatic rings. The lowest BCUT2D eigenvalue weighted by Gasteiger charge is -2.41. The Kier molecular flexibility index (Phi) is 8.26. The van der Waals surface area contributed by atoms with Crippen LogP contribution in [0.5, 0.6) is 0 Å². The molecule has 5 atom stereocenters. The molecular weight excluding hydrogens is 352 g/mol. The molecule has 0 spiro atoms. The highest BCUT2D eigenvalue weighted by molar-refractivity contribution is 6.21. The highest BCUT2D eigenvalue weighted by Crippen LogP contribution is 2.44. The van der Waals surface area contributed by atoms with Crippen LogP contribution in [0.3, 0.4) is 0 Å². The van der Waals surface area contributed by atoms with E-state index >= 15 is 0 Å². The lowest BCUT2D eigenvalue weighted by Crippen LogP contribution is -2.38. The molecule has 3 N–H and O–H groups in total. The Hall–Kier alpha value is -0.760. The third kappa shape index (κ3) is 5.87. The van der Waals surface area contributed by atoms with Crippen molar-refractivity contribution in [1.29, 1.82) is 0 Å². The van der Waals surface area contributed by atoms with Gasteiger partial charge in [0.15, 0.2) is 0 Å². The second-order valence-electron chi connectivity index (χ2n) is 8.40. The maximum Gasteiger partial charge on any atom is 0.303 e. The van der Waals surface area contributed by atoms with E-state index in [0.717, 1.165) is 38.5 Å². The molecule has 148 valence electrons. The van der Waals surface area contributed by atoms with E-state index in [1.54, 1.807) is 0 Å². The zero-order valence-electron chi connectivity index (χ0n) is 15.8. The second kappa shape index (κ2) is 9.97. The van der Waals surface area contributed by atoms with E-state index in [0.29, 0.717) is 19.3 Å². The number of rotatable bonds is 9. The van der Waals surface area contributed by atoms with Gasteiger partial charge in [-0.3, -0.25) is 4.79 Å². The molecule has 5 heteroatoms. The third-order valence-electron chi connectivity index (χ3n) is 6.35. The molecule has 0 aliphatic heterocycles. The summed E-state index contributed by atoms with van der Waals surface area (Å²) in [7, 11) is 0. The van der Waals surface area contributed by atoms with Gasteiger partial charge in [-0.15, -0.1) is 17.5 Å². The topological polar surface area (TPSA) is 77.8 Å². The molecule has 0 bridgehead atoms. The van der Waals surface area contributed by atoms with E-state index in [9.17, 15) is 15.0 Å². The molecule has 0 amide bonds. The molecular formula is C21H33ClO4. The minimum atomic E-state index is -0.738. The SMILES string of the molecule is CC1(C(O)CC#C[C@H]2C(O)CC(Cl)[C@@H]2CCCCCCC(=O)O)CCC1. The van der Waals surface area contributed by atoms with Crippen LogP contribution >= 0.6 is 11.6 Å². The number of alkyl halides is 1. The summed E-state index contributed by atoms with van der Waals surface area (Å²) in [5, 5.41) is 29.2. The van der Waals surface area contributed by atoms with Crippen molar-refractivity contribution < 1.29 is 20.1 Å². The van der Waals surface area contributed by atoms with Gasteiger partial charge in [0.1, 0.15) is 0 Å². The molecule has 2 aliphatic carbocycles. The molecule has 3 unspecified atom stereocenters. The predicted molar refractivity (Wildman–Crippen MR) is 103 cm³/mol. The van der Waals surface area contributed by atoms with Gasteiger partial charge in [-0.1, -0.05) is 38.5 Å². The lowest BCUT2D eigenvalue weighted by molar-refractivity contribution is -0.137. The minimum Gasteiger partial charge on any atom is -0.481 e. The molecule has 4 nitrogen and oxygen atoms in total. The maximum atomic E-state index is 10.5. The number of aliphatic carboxylic acids is 1. The van der Waals surface area contributed by atoms with Crippen molar-refractivity contribution in [3.8, 4) is 11.8 Å². The van der Waals surface area contributed by atoms with Crippen LogP contribution in [-0.2, 0) is 4.79 Å². The molecule has 2 saturated carbocycles. The highest BCUT2D eigenvalue weighted by atomic mass is 35.5. The number of carboxylic acids is 1. The zero-order valence-corrected chi connectivity index (χ0v) is 16.5. The summed E-state index contributed by atoms with van der Waals surface area (Å²) < 4.78 is 0. The maximum absolute atomic E-state index is 10.5.